The van der Waals surface area contributed by atoms with E-state index in [4.69, 9.17) is 9.26 Å². The highest BCUT2D eigenvalue weighted by Gasteiger charge is 2.06. The second-order valence-corrected chi connectivity index (χ2v) is 4.15. The van der Waals surface area contributed by atoms with Gasteiger partial charge in [0.25, 0.3) is 0 Å². The van der Waals surface area contributed by atoms with Gasteiger partial charge in [0.2, 0.25) is 11.7 Å². The molecule has 0 saturated carbocycles. The molecule has 5 nitrogen and oxygen atoms in total. The van der Waals surface area contributed by atoms with Gasteiger partial charge >= 0.3 is 0 Å². The number of aromatic nitrogens is 2. The lowest BCUT2D eigenvalue weighted by atomic mass is 10.2. The molecule has 0 aliphatic carbocycles. The Morgan fingerprint density at radius 2 is 2.17 bits per heavy atom. The first kappa shape index (κ1) is 12.4. The van der Waals surface area contributed by atoms with Crippen LogP contribution in [0.25, 0.3) is 0 Å². The Bertz CT molecular complexity index is 502. The molecule has 0 amide bonds. The molecule has 1 aromatic carbocycles. The second kappa shape index (κ2) is 5.53. The first-order chi connectivity index (χ1) is 8.67. The Hall–Kier alpha value is -2.04. The molecule has 1 aromatic heterocycles. The molecule has 0 fully saturated rings. The van der Waals surface area contributed by atoms with E-state index in [9.17, 15) is 5.11 Å². The highest BCUT2D eigenvalue weighted by atomic mass is 16.5. The Labute approximate surface area is 105 Å². The van der Waals surface area contributed by atoms with Crippen molar-refractivity contribution in [1.29, 1.82) is 0 Å². The maximum atomic E-state index is 9.44. The van der Waals surface area contributed by atoms with Crippen molar-refractivity contribution < 1.29 is 14.4 Å². The fraction of sp³-hybridized carbons (Fsp3) is 0.385. The van der Waals surface area contributed by atoms with Crippen LogP contribution in [0.3, 0.4) is 0 Å². The van der Waals surface area contributed by atoms with E-state index in [0.717, 1.165) is 18.4 Å². The van der Waals surface area contributed by atoms with Crippen molar-refractivity contribution in [2.75, 3.05) is 0 Å². The van der Waals surface area contributed by atoms with Crippen LogP contribution in [0.5, 0.6) is 11.5 Å². The van der Waals surface area contributed by atoms with Crippen molar-refractivity contribution in [2.45, 2.75) is 33.3 Å². The third-order valence-corrected chi connectivity index (χ3v) is 2.38. The summed E-state index contributed by atoms with van der Waals surface area (Å²) in [6, 6.07) is 5.06. The van der Waals surface area contributed by atoms with Crippen LogP contribution < -0.4 is 4.74 Å². The largest absolute Gasteiger partial charge is 0.508 e. The van der Waals surface area contributed by atoms with Crippen molar-refractivity contribution in [2.24, 2.45) is 0 Å². The molecule has 0 aliphatic rings. The van der Waals surface area contributed by atoms with Crippen LogP contribution >= 0.6 is 0 Å². The molecule has 0 unspecified atom stereocenters. The van der Waals surface area contributed by atoms with Crippen molar-refractivity contribution in [1.82, 2.24) is 10.1 Å². The lowest BCUT2D eigenvalue weighted by Gasteiger charge is -2.04. The second-order valence-electron chi connectivity index (χ2n) is 4.15. The normalized spacial score (nSPS) is 10.6. The number of benzene rings is 1. The maximum absolute atomic E-state index is 9.44. The summed E-state index contributed by atoms with van der Waals surface area (Å²) >= 11 is 0. The monoisotopic (exact) mass is 248 g/mol. The molecular weight excluding hydrogens is 232 g/mol. The van der Waals surface area contributed by atoms with E-state index in [1.165, 1.54) is 0 Å². The first-order valence-electron chi connectivity index (χ1n) is 5.92. The zero-order chi connectivity index (χ0) is 13.0. The third kappa shape index (κ3) is 3.23. The first-order valence-corrected chi connectivity index (χ1v) is 5.92. The van der Waals surface area contributed by atoms with Gasteiger partial charge in [-0.3, -0.25) is 0 Å². The number of hydrogen-bond acceptors (Lipinski definition) is 5. The van der Waals surface area contributed by atoms with Gasteiger partial charge in [-0.05, 0) is 31.0 Å². The topological polar surface area (TPSA) is 68.4 Å². The number of aromatic hydroxyl groups is 1. The summed E-state index contributed by atoms with van der Waals surface area (Å²) in [7, 11) is 0. The van der Waals surface area contributed by atoms with Gasteiger partial charge in [-0.15, -0.1) is 0 Å². The average molecular weight is 248 g/mol. The highest BCUT2D eigenvalue weighted by Crippen LogP contribution is 2.21. The average Bonchev–Trinajstić information content (AvgIpc) is 2.74. The van der Waals surface area contributed by atoms with E-state index in [2.05, 4.69) is 17.1 Å². The maximum Gasteiger partial charge on any atom is 0.226 e. The summed E-state index contributed by atoms with van der Waals surface area (Å²) in [6.45, 7) is 4.17. The number of phenols is 1. The summed E-state index contributed by atoms with van der Waals surface area (Å²) < 4.78 is 10.6. The zero-order valence-corrected chi connectivity index (χ0v) is 10.5. The minimum atomic E-state index is 0.185. The Morgan fingerprint density at radius 1 is 1.33 bits per heavy atom. The molecule has 0 aliphatic heterocycles. The van der Waals surface area contributed by atoms with Gasteiger partial charge in [-0.2, -0.15) is 4.98 Å². The molecule has 0 atom stereocenters. The number of phenolic OH excluding ortho intramolecular Hbond substituents is 1. The summed E-state index contributed by atoms with van der Waals surface area (Å²) in [4.78, 5) is 4.19. The van der Waals surface area contributed by atoms with Crippen LogP contribution in [-0.4, -0.2) is 15.2 Å². The molecule has 1 heterocycles. The number of hydrogen-bond donors (Lipinski definition) is 1. The minimum absolute atomic E-state index is 0.185. The van der Waals surface area contributed by atoms with Crippen molar-refractivity contribution in [3.05, 3.63) is 35.5 Å². The third-order valence-electron chi connectivity index (χ3n) is 2.38. The van der Waals surface area contributed by atoms with E-state index in [-0.39, 0.29) is 12.4 Å². The number of aryl methyl sites for hydroxylation is 2. The molecule has 18 heavy (non-hydrogen) atoms. The Balaban J connectivity index is 1.97. The molecule has 2 rings (SSSR count). The Kier molecular flexibility index (Phi) is 3.82. The van der Waals surface area contributed by atoms with Crippen molar-refractivity contribution in [3.8, 4) is 11.5 Å². The molecule has 0 spiro atoms. The predicted octanol–water partition coefficient (Wildman–Crippen LogP) is 2.62. The summed E-state index contributed by atoms with van der Waals surface area (Å²) in [5.74, 6) is 1.92. The Morgan fingerprint density at radius 3 is 2.89 bits per heavy atom. The standard InChI is InChI=1S/C13H16N2O3/c1-3-4-13-14-12(15-18-13)8-17-11-6-9(2)5-10(16)7-11/h5-7,16H,3-4,8H2,1-2H3. The molecule has 2 aromatic rings. The predicted molar refractivity (Wildman–Crippen MR) is 65.5 cm³/mol. The number of rotatable bonds is 5. The van der Waals surface area contributed by atoms with Crippen LogP contribution in [0.15, 0.2) is 22.7 Å². The van der Waals surface area contributed by atoms with Crippen molar-refractivity contribution in [3.63, 3.8) is 0 Å². The molecule has 0 saturated heterocycles. The summed E-state index contributed by atoms with van der Waals surface area (Å²) in [6.07, 6.45) is 1.74. The van der Waals surface area contributed by atoms with Crippen LogP contribution in [0.4, 0.5) is 0 Å². The highest BCUT2D eigenvalue weighted by molar-refractivity contribution is 5.36. The summed E-state index contributed by atoms with van der Waals surface area (Å²) in [5, 5.41) is 13.3. The van der Waals surface area contributed by atoms with E-state index in [1.807, 2.05) is 13.0 Å². The van der Waals surface area contributed by atoms with Gasteiger partial charge in [0.1, 0.15) is 11.5 Å². The number of nitrogens with zero attached hydrogens (tertiary/aromatic N) is 2. The smallest absolute Gasteiger partial charge is 0.226 e. The van der Waals surface area contributed by atoms with Crippen LogP contribution in [-0.2, 0) is 13.0 Å². The van der Waals surface area contributed by atoms with Crippen LogP contribution in [0.1, 0.15) is 30.6 Å². The molecular formula is C13H16N2O3. The van der Waals surface area contributed by atoms with Gasteiger partial charge in [0, 0.05) is 12.5 Å². The molecule has 0 radical (unpaired) electrons. The fourth-order valence-corrected chi connectivity index (χ4v) is 1.62. The van der Waals surface area contributed by atoms with Gasteiger partial charge in [-0.25, -0.2) is 0 Å². The van der Waals surface area contributed by atoms with Crippen LogP contribution in [0.2, 0.25) is 0 Å². The quantitative estimate of drug-likeness (QED) is 0.880. The minimum Gasteiger partial charge on any atom is -0.508 e. The lowest BCUT2D eigenvalue weighted by molar-refractivity contribution is 0.283. The molecule has 5 heteroatoms. The van der Waals surface area contributed by atoms with Gasteiger partial charge < -0.3 is 14.4 Å². The fourth-order valence-electron chi connectivity index (χ4n) is 1.62. The lowest BCUT2D eigenvalue weighted by Crippen LogP contribution is -1.98. The van der Waals surface area contributed by atoms with E-state index in [1.54, 1.807) is 12.1 Å². The zero-order valence-electron chi connectivity index (χ0n) is 10.5. The number of ether oxygens (including phenoxy) is 1. The van der Waals surface area contributed by atoms with Gasteiger partial charge in [-0.1, -0.05) is 12.1 Å². The summed E-state index contributed by atoms with van der Waals surface area (Å²) in [5.41, 5.74) is 0.935. The van der Waals surface area contributed by atoms with Crippen molar-refractivity contribution >= 4 is 0 Å². The van der Waals surface area contributed by atoms with Crippen LogP contribution in [0, 0.1) is 6.92 Å². The SMILES string of the molecule is CCCc1nc(COc2cc(C)cc(O)c2)no1. The van der Waals surface area contributed by atoms with E-state index in [0.29, 0.717) is 17.5 Å². The van der Waals surface area contributed by atoms with E-state index >= 15 is 0 Å². The van der Waals surface area contributed by atoms with Gasteiger partial charge in [0.05, 0.1) is 0 Å². The molecule has 1 N–H and O–H groups in total. The molecule has 96 valence electrons. The van der Waals surface area contributed by atoms with Gasteiger partial charge in [0.15, 0.2) is 6.61 Å². The molecule has 0 bridgehead atoms. The van der Waals surface area contributed by atoms with E-state index < -0.39 is 0 Å².